The lowest BCUT2D eigenvalue weighted by Crippen LogP contribution is -2.41. The fourth-order valence-corrected chi connectivity index (χ4v) is 3.71. The minimum atomic E-state index is -1.01. The van der Waals surface area contributed by atoms with E-state index >= 15 is 0 Å². The second-order valence-electron chi connectivity index (χ2n) is 6.91. The van der Waals surface area contributed by atoms with Crippen LogP contribution in [0.5, 0.6) is 0 Å². The van der Waals surface area contributed by atoms with Crippen molar-refractivity contribution in [3.8, 4) is 0 Å². The van der Waals surface area contributed by atoms with Crippen LogP contribution in [0.4, 0.5) is 0 Å². The van der Waals surface area contributed by atoms with E-state index in [0.717, 1.165) is 28.1 Å². The quantitative estimate of drug-likeness (QED) is 0.774. The standard InChI is InChI=1S/C22H22N2O3/c1-15(25)22(26)24-13-12-19-18(14-24)21(23-27-19)20(16-8-4-2-5-9-16)17-10-6-3-7-11-17/h2-11,15,20,25H,12-14H2,1H3/t15-/m1/s1. The fourth-order valence-electron chi connectivity index (χ4n) is 3.71. The minimum Gasteiger partial charge on any atom is -0.384 e. The Morgan fingerprint density at radius 1 is 1.07 bits per heavy atom. The van der Waals surface area contributed by atoms with Gasteiger partial charge in [-0.05, 0) is 18.1 Å². The van der Waals surface area contributed by atoms with Crippen LogP contribution >= 0.6 is 0 Å². The molecule has 0 radical (unpaired) electrons. The first-order valence-corrected chi connectivity index (χ1v) is 9.19. The summed E-state index contributed by atoms with van der Waals surface area (Å²) in [5.41, 5.74) is 4.04. The summed E-state index contributed by atoms with van der Waals surface area (Å²) in [5, 5.41) is 14.1. The molecule has 0 saturated carbocycles. The number of fused-ring (bicyclic) bond motifs is 1. The molecule has 0 unspecified atom stereocenters. The molecular weight excluding hydrogens is 340 g/mol. The van der Waals surface area contributed by atoms with Crippen LogP contribution in [0.1, 0.15) is 41.0 Å². The Labute approximate surface area is 158 Å². The molecule has 0 bridgehead atoms. The third kappa shape index (κ3) is 3.38. The lowest BCUT2D eigenvalue weighted by molar-refractivity contribution is -0.140. The summed E-state index contributed by atoms with van der Waals surface area (Å²) in [7, 11) is 0. The first kappa shape index (κ1) is 17.5. The average molecular weight is 362 g/mol. The summed E-state index contributed by atoms with van der Waals surface area (Å²) in [6, 6.07) is 20.4. The highest BCUT2D eigenvalue weighted by Gasteiger charge is 2.32. The fraction of sp³-hybridized carbons (Fsp3) is 0.273. The van der Waals surface area contributed by atoms with Gasteiger partial charge in [0.05, 0.1) is 12.5 Å². The molecule has 2 aromatic carbocycles. The number of aliphatic hydroxyl groups excluding tert-OH is 1. The maximum Gasteiger partial charge on any atom is 0.251 e. The number of nitrogens with zero attached hydrogens (tertiary/aromatic N) is 2. The van der Waals surface area contributed by atoms with Crippen LogP contribution in [0.15, 0.2) is 65.2 Å². The van der Waals surface area contributed by atoms with Gasteiger partial charge in [0.2, 0.25) is 0 Å². The van der Waals surface area contributed by atoms with Gasteiger partial charge >= 0.3 is 0 Å². The van der Waals surface area contributed by atoms with E-state index in [1.165, 1.54) is 6.92 Å². The van der Waals surface area contributed by atoms with Crippen LogP contribution in [0.2, 0.25) is 0 Å². The molecule has 27 heavy (non-hydrogen) atoms. The number of benzene rings is 2. The number of carbonyl (C=O) groups excluding carboxylic acids is 1. The third-order valence-corrected chi connectivity index (χ3v) is 5.07. The van der Waals surface area contributed by atoms with E-state index in [2.05, 4.69) is 29.4 Å². The molecule has 5 heteroatoms. The highest BCUT2D eigenvalue weighted by atomic mass is 16.5. The van der Waals surface area contributed by atoms with Crippen molar-refractivity contribution in [2.24, 2.45) is 0 Å². The van der Waals surface area contributed by atoms with E-state index in [4.69, 9.17) is 4.52 Å². The van der Waals surface area contributed by atoms with Gasteiger partial charge in [-0.2, -0.15) is 0 Å². The number of rotatable bonds is 4. The van der Waals surface area contributed by atoms with Crippen molar-refractivity contribution in [1.82, 2.24) is 10.1 Å². The van der Waals surface area contributed by atoms with E-state index in [0.29, 0.717) is 19.5 Å². The molecule has 138 valence electrons. The minimum absolute atomic E-state index is 0.0681. The van der Waals surface area contributed by atoms with Crippen LogP contribution in [-0.2, 0) is 17.8 Å². The number of aliphatic hydroxyl groups is 1. The van der Waals surface area contributed by atoms with Gasteiger partial charge in [0.1, 0.15) is 17.6 Å². The normalized spacial score (nSPS) is 14.9. The van der Waals surface area contributed by atoms with Gasteiger partial charge < -0.3 is 14.5 Å². The van der Waals surface area contributed by atoms with E-state index in [1.807, 2.05) is 36.4 Å². The number of carbonyl (C=O) groups is 1. The number of hydrogen-bond acceptors (Lipinski definition) is 4. The molecule has 3 aromatic rings. The maximum atomic E-state index is 12.3. The van der Waals surface area contributed by atoms with E-state index < -0.39 is 6.10 Å². The monoisotopic (exact) mass is 362 g/mol. The van der Waals surface area contributed by atoms with Crippen molar-refractivity contribution < 1.29 is 14.4 Å². The van der Waals surface area contributed by atoms with Crippen molar-refractivity contribution in [3.63, 3.8) is 0 Å². The van der Waals surface area contributed by atoms with Crippen molar-refractivity contribution in [3.05, 3.63) is 88.8 Å². The highest BCUT2D eigenvalue weighted by molar-refractivity contribution is 5.80. The first-order chi connectivity index (χ1) is 13.1. The SMILES string of the molecule is C[C@@H](O)C(=O)N1CCc2onc(C(c3ccccc3)c3ccccc3)c2C1. The zero-order valence-electron chi connectivity index (χ0n) is 15.2. The number of hydrogen-bond donors (Lipinski definition) is 1. The lowest BCUT2D eigenvalue weighted by Gasteiger charge is -2.28. The van der Waals surface area contributed by atoms with Crippen molar-refractivity contribution >= 4 is 5.91 Å². The second kappa shape index (κ2) is 7.37. The van der Waals surface area contributed by atoms with Gasteiger partial charge in [-0.1, -0.05) is 65.8 Å². The van der Waals surface area contributed by atoms with Gasteiger partial charge in [-0.3, -0.25) is 4.79 Å². The molecule has 1 aromatic heterocycles. The highest BCUT2D eigenvalue weighted by Crippen LogP contribution is 2.36. The molecule has 0 aliphatic carbocycles. The topological polar surface area (TPSA) is 66.6 Å². The van der Waals surface area contributed by atoms with Crippen LogP contribution in [0, 0.1) is 0 Å². The van der Waals surface area contributed by atoms with E-state index in [1.54, 1.807) is 4.90 Å². The van der Waals surface area contributed by atoms with Gasteiger partial charge in [0.25, 0.3) is 5.91 Å². The molecule has 2 heterocycles. The van der Waals surface area contributed by atoms with Crippen molar-refractivity contribution in [1.29, 1.82) is 0 Å². The zero-order chi connectivity index (χ0) is 18.8. The molecule has 0 spiro atoms. The Kier molecular flexibility index (Phi) is 4.77. The summed E-state index contributed by atoms with van der Waals surface area (Å²) in [5.74, 6) is 0.502. The maximum absolute atomic E-state index is 12.3. The number of amides is 1. The smallest absolute Gasteiger partial charge is 0.251 e. The molecule has 4 rings (SSSR count). The Bertz CT molecular complexity index is 880. The van der Waals surface area contributed by atoms with Gasteiger partial charge in [0, 0.05) is 18.5 Å². The molecule has 1 aliphatic rings. The van der Waals surface area contributed by atoms with Crippen LogP contribution < -0.4 is 0 Å². The Balaban J connectivity index is 1.77. The van der Waals surface area contributed by atoms with Crippen LogP contribution in [-0.4, -0.2) is 33.7 Å². The molecule has 0 saturated heterocycles. The molecule has 1 amide bonds. The summed E-state index contributed by atoms with van der Waals surface area (Å²) < 4.78 is 5.65. The molecule has 1 aliphatic heterocycles. The van der Waals surface area contributed by atoms with Crippen LogP contribution in [0.25, 0.3) is 0 Å². The second-order valence-corrected chi connectivity index (χ2v) is 6.91. The summed E-state index contributed by atoms with van der Waals surface area (Å²) in [6.07, 6.45) is -0.397. The summed E-state index contributed by atoms with van der Waals surface area (Å²) >= 11 is 0. The molecular formula is C22H22N2O3. The Morgan fingerprint density at radius 3 is 2.22 bits per heavy atom. The molecule has 1 atom stereocenters. The predicted molar refractivity (Wildman–Crippen MR) is 101 cm³/mol. The molecule has 5 nitrogen and oxygen atoms in total. The van der Waals surface area contributed by atoms with Gasteiger partial charge in [0.15, 0.2) is 0 Å². The summed E-state index contributed by atoms with van der Waals surface area (Å²) in [4.78, 5) is 14.0. The average Bonchev–Trinajstić information content (AvgIpc) is 3.12. The van der Waals surface area contributed by atoms with Crippen molar-refractivity contribution in [2.45, 2.75) is 31.9 Å². The van der Waals surface area contributed by atoms with Crippen LogP contribution in [0.3, 0.4) is 0 Å². The lowest BCUT2D eigenvalue weighted by atomic mass is 9.85. The van der Waals surface area contributed by atoms with E-state index in [-0.39, 0.29) is 11.8 Å². The number of aromatic nitrogens is 1. The first-order valence-electron chi connectivity index (χ1n) is 9.19. The largest absolute Gasteiger partial charge is 0.384 e. The summed E-state index contributed by atoms with van der Waals surface area (Å²) in [6.45, 7) is 2.45. The van der Waals surface area contributed by atoms with Gasteiger partial charge in [-0.15, -0.1) is 0 Å². The van der Waals surface area contributed by atoms with Crippen molar-refractivity contribution in [2.75, 3.05) is 6.54 Å². The molecule has 1 N–H and O–H groups in total. The Morgan fingerprint density at radius 2 is 1.67 bits per heavy atom. The molecule has 0 fully saturated rings. The van der Waals surface area contributed by atoms with E-state index in [9.17, 15) is 9.90 Å². The third-order valence-electron chi connectivity index (χ3n) is 5.07. The predicted octanol–water partition coefficient (Wildman–Crippen LogP) is 3.12. The zero-order valence-corrected chi connectivity index (χ0v) is 15.2. The van der Waals surface area contributed by atoms with Gasteiger partial charge in [-0.25, -0.2) is 0 Å². The Hall–Kier alpha value is -2.92.